The van der Waals surface area contributed by atoms with Crippen molar-refractivity contribution in [2.45, 2.75) is 26.4 Å². The van der Waals surface area contributed by atoms with Gasteiger partial charge in [-0.25, -0.2) is 9.97 Å². The molecule has 0 unspecified atom stereocenters. The molecular weight excluding hydrogens is 340 g/mol. The van der Waals surface area contributed by atoms with Gasteiger partial charge < -0.3 is 5.32 Å². The molecular formula is C20H20N6O. The molecule has 27 heavy (non-hydrogen) atoms. The maximum atomic E-state index is 12.6. The molecule has 1 amide bonds. The first kappa shape index (κ1) is 17.0. The molecule has 0 fully saturated rings. The number of hydrogen-bond donors (Lipinski definition) is 1. The van der Waals surface area contributed by atoms with E-state index in [1.54, 1.807) is 29.5 Å². The number of benzene rings is 1. The molecule has 0 radical (unpaired) electrons. The molecule has 136 valence electrons. The third-order valence-electron chi connectivity index (χ3n) is 4.37. The molecule has 4 aromatic rings. The van der Waals surface area contributed by atoms with Crippen LogP contribution >= 0.6 is 0 Å². The van der Waals surface area contributed by atoms with Crippen LogP contribution in [0.4, 0.5) is 0 Å². The Balaban J connectivity index is 1.59. The minimum atomic E-state index is -0.147. The maximum absolute atomic E-state index is 12.6. The number of para-hydroxylation sites is 2. The van der Waals surface area contributed by atoms with Gasteiger partial charge in [0.05, 0.1) is 11.0 Å². The number of fused-ring (bicyclic) bond motifs is 1. The van der Waals surface area contributed by atoms with Gasteiger partial charge in [0.15, 0.2) is 0 Å². The van der Waals surface area contributed by atoms with Crippen LogP contribution in [-0.4, -0.2) is 30.2 Å². The van der Waals surface area contributed by atoms with E-state index in [2.05, 4.69) is 27.3 Å². The lowest BCUT2D eigenvalue weighted by Crippen LogP contribution is -2.26. The monoisotopic (exact) mass is 360 g/mol. The van der Waals surface area contributed by atoms with Crippen molar-refractivity contribution in [3.05, 3.63) is 72.4 Å². The number of aryl methyl sites for hydroxylation is 1. The molecule has 1 N–H and O–H groups in total. The van der Waals surface area contributed by atoms with Crippen LogP contribution < -0.4 is 5.32 Å². The molecule has 4 rings (SSSR count). The fraction of sp³-hybridized carbons (Fsp3) is 0.200. The van der Waals surface area contributed by atoms with Gasteiger partial charge >= 0.3 is 0 Å². The summed E-state index contributed by atoms with van der Waals surface area (Å²) in [5, 5.41) is 7.18. The van der Waals surface area contributed by atoms with Crippen LogP contribution in [0.5, 0.6) is 0 Å². The third kappa shape index (κ3) is 3.31. The van der Waals surface area contributed by atoms with Crippen molar-refractivity contribution in [2.75, 3.05) is 0 Å². The molecule has 1 aromatic carbocycles. The number of nitrogens with zero attached hydrogens (tertiary/aromatic N) is 5. The van der Waals surface area contributed by atoms with Crippen molar-refractivity contribution in [1.29, 1.82) is 0 Å². The fourth-order valence-electron chi connectivity index (χ4n) is 3.09. The molecule has 0 saturated heterocycles. The lowest BCUT2D eigenvalue weighted by Gasteiger charge is -2.12. The standard InChI is InChI=1S/C20H20N6O/c1-2-12-26-18(9-11-24-26)20(27)22-13-15-6-5-10-21-19(15)25-14-23-16-7-3-4-8-17(16)25/h3-11,14H,2,12-13H2,1H3,(H,22,27). The summed E-state index contributed by atoms with van der Waals surface area (Å²) in [5.41, 5.74) is 3.36. The van der Waals surface area contributed by atoms with E-state index in [-0.39, 0.29) is 5.91 Å². The molecule has 3 aromatic heterocycles. The van der Waals surface area contributed by atoms with Crippen LogP contribution in [0.1, 0.15) is 29.4 Å². The Bertz CT molecular complexity index is 1080. The Morgan fingerprint density at radius 2 is 1.96 bits per heavy atom. The molecule has 0 aliphatic heterocycles. The van der Waals surface area contributed by atoms with Crippen molar-refractivity contribution in [2.24, 2.45) is 0 Å². The molecule has 0 aliphatic rings. The summed E-state index contributed by atoms with van der Waals surface area (Å²) in [6, 6.07) is 13.5. The first-order valence-corrected chi connectivity index (χ1v) is 8.94. The van der Waals surface area contributed by atoms with Gasteiger partial charge in [0, 0.05) is 31.0 Å². The van der Waals surface area contributed by atoms with Crippen molar-refractivity contribution in [3.63, 3.8) is 0 Å². The molecule has 0 atom stereocenters. The van der Waals surface area contributed by atoms with Gasteiger partial charge in [-0.15, -0.1) is 0 Å². The number of hydrogen-bond acceptors (Lipinski definition) is 4. The highest BCUT2D eigenvalue weighted by Crippen LogP contribution is 2.19. The van der Waals surface area contributed by atoms with E-state index in [0.717, 1.165) is 35.4 Å². The fourth-order valence-corrected chi connectivity index (χ4v) is 3.09. The summed E-state index contributed by atoms with van der Waals surface area (Å²) in [7, 11) is 0. The average molecular weight is 360 g/mol. The van der Waals surface area contributed by atoms with Crippen LogP contribution in [0.15, 0.2) is 61.2 Å². The van der Waals surface area contributed by atoms with E-state index in [1.807, 2.05) is 41.0 Å². The Morgan fingerprint density at radius 3 is 2.85 bits per heavy atom. The SMILES string of the molecule is CCCn1nccc1C(=O)NCc1cccnc1-n1cnc2ccccc21. The first-order chi connectivity index (χ1) is 13.3. The van der Waals surface area contributed by atoms with E-state index < -0.39 is 0 Å². The third-order valence-corrected chi connectivity index (χ3v) is 4.37. The zero-order valence-electron chi connectivity index (χ0n) is 15.0. The molecule has 0 aliphatic carbocycles. The topological polar surface area (TPSA) is 77.6 Å². The summed E-state index contributed by atoms with van der Waals surface area (Å²) in [6.07, 6.45) is 6.07. The second-order valence-corrected chi connectivity index (χ2v) is 6.21. The lowest BCUT2D eigenvalue weighted by molar-refractivity contribution is 0.0940. The first-order valence-electron chi connectivity index (χ1n) is 8.94. The van der Waals surface area contributed by atoms with Crippen molar-refractivity contribution in [1.82, 2.24) is 29.6 Å². The van der Waals surface area contributed by atoms with Gasteiger partial charge in [0.2, 0.25) is 0 Å². The van der Waals surface area contributed by atoms with Gasteiger partial charge in [-0.1, -0.05) is 25.1 Å². The number of rotatable bonds is 6. The Hall–Kier alpha value is -3.48. The maximum Gasteiger partial charge on any atom is 0.269 e. The van der Waals surface area contributed by atoms with Gasteiger partial charge in [0.1, 0.15) is 17.8 Å². The summed E-state index contributed by atoms with van der Waals surface area (Å²) < 4.78 is 3.67. The summed E-state index contributed by atoms with van der Waals surface area (Å²) in [4.78, 5) is 21.5. The van der Waals surface area contributed by atoms with Crippen LogP contribution in [0, 0.1) is 0 Å². The van der Waals surface area contributed by atoms with Gasteiger partial charge in [-0.2, -0.15) is 5.10 Å². The number of pyridine rings is 1. The van der Waals surface area contributed by atoms with Crippen LogP contribution in [-0.2, 0) is 13.1 Å². The molecule has 7 nitrogen and oxygen atoms in total. The average Bonchev–Trinajstić information content (AvgIpc) is 3.34. The number of amides is 1. The normalized spacial score (nSPS) is 11.0. The van der Waals surface area contributed by atoms with Gasteiger partial charge in [-0.05, 0) is 30.7 Å². The molecule has 0 spiro atoms. The van der Waals surface area contributed by atoms with E-state index in [1.165, 1.54) is 0 Å². The van der Waals surface area contributed by atoms with Gasteiger partial charge in [-0.3, -0.25) is 14.0 Å². The Kier molecular flexibility index (Phi) is 4.65. The number of nitrogens with one attached hydrogen (secondary N) is 1. The minimum absolute atomic E-state index is 0.147. The highest BCUT2D eigenvalue weighted by atomic mass is 16.2. The molecule has 0 saturated carbocycles. The number of imidazole rings is 1. The van der Waals surface area contributed by atoms with Crippen molar-refractivity contribution >= 4 is 16.9 Å². The zero-order chi connectivity index (χ0) is 18.6. The predicted molar refractivity (Wildman–Crippen MR) is 103 cm³/mol. The molecule has 0 bridgehead atoms. The van der Waals surface area contributed by atoms with Crippen LogP contribution in [0.25, 0.3) is 16.9 Å². The largest absolute Gasteiger partial charge is 0.346 e. The van der Waals surface area contributed by atoms with Crippen LogP contribution in [0.3, 0.4) is 0 Å². The second kappa shape index (κ2) is 7.41. The van der Waals surface area contributed by atoms with E-state index in [9.17, 15) is 4.79 Å². The number of aromatic nitrogens is 5. The number of carbonyl (C=O) groups excluding carboxylic acids is 1. The van der Waals surface area contributed by atoms with E-state index >= 15 is 0 Å². The summed E-state index contributed by atoms with van der Waals surface area (Å²) >= 11 is 0. The lowest BCUT2D eigenvalue weighted by atomic mass is 10.2. The van der Waals surface area contributed by atoms with Crippen molar-refractivity contribution in [3.8, 4) is 5.82 Å². The predicted octanol–water partition coefficient (Wildman–Crippen LogP) is 2.96. The van der Waals surface area contributed by atoms with E-state index in [0.29, 0.717) is 12.2 Å². The summed E-state index contributed by atoms with van der Waals surface area (Å²) in [6.45, 7) is 3.14. The zero-order valence-corrected chi connectivity index (χ0v) is 15.0. The summed E-state index contributed by atoms with van der Waals surface area (Å²) in [5.74, 6) is 0.611. The Labute approximate surface area is 156 Å². The molecule has 3 heterocycles. The minimum Gasteiger partial charge on any atom is -0.346 e. The quantitative estimate of drug-likeness (QED) is 0.573. The second-order valence-electron chi connectivity index (χ2n) is 6.21. The van der Waals surface area contributed by atoms with Crippen molar-refractivity contribution < 1.29 is 4.79 Å². The number of carbonyl (C=O) groups is 1. The molecule has 7 heteroatoms. The highest BCUT2D eigenvalue weighted by Gasteiger charge is 2.14. The van der Waals surface area contributed by atoms with E-state index in [4.69, 9.17) is 0 Å². The highest BCUT2D eigenvalue weighted by molar-refractivity contribution is 5.92. The van der Waals surface area contributed by atoms with Crippen LogP contribution in [0.2, 0.25) is 0 Å². The Morgan fingerprint density at radius 1 is 1.07 bits per heavy atom. The van der Waals surface area contributed by atoms with Gasteiger partial charge in [0.25, 0.3) is 5.91 Å². The smallest absolute Gasteiger partial charge is 0.269 e.